The molecule has 3 atom stereocenters. The molecule has 100 valence electrons. The summed E-state index contributed by atoms with van der Waals surface area (Å²) in [6, 6.07) is 1.17. The highest BCUT2D eigenvalue weighted by Crippen LogP contribution is 2.40. The van der Waals surface area contributed by atoms with Crippen LogP contribution in [0.2, 0.25) is 0 Å². The van der Waals surface area contributed by atoms with Crippen LogP contribution >= 0.6 is 0 Å². The number of hydrogen-bond donors (Lipinski definition) is 1. The lowest BCUT2D eigenvalue weighted by molar-refractivity contribution is 0.0167. The molecule has 3 unspecified atom stereocenters. The second-order valence-corrected chi connectivity index (χ2v) is 7.01. The van der Waals surface area contributed by atoms with E-state index in [-0.39, 0.29) is 0 Å². The molecule has 0 aromatic rings. The van der Waals surface area contributed by atoms with Crippen molar-refractivity contribution in [1.82, 2.24) is 4.90 Å². The van der Waals surface area contributed by atoms with Crippen molar-refractivity contribution in [2.24, 2.45) is 17.1 Å². The lowest BCUT2D eigenvalue weighted by Gasteiger charge is -2.48. The minimum atomic E-state index is 0.365. The van der Waals surface area contributed by atoms with Crippen LogP contribution in [0.1, 0.15) is 59.3 Å². The molecule has 0 radical (unpaired) electrons. The number of nitrogens with two attached hydrogens (primary N) is 1. The van der Waals surface area contributed by atoms with Crippen LogP contribution in [0.15, 0.2) is 0 Å². The quantitative estimate of drug-likeness (QED) is 0.801. The first-order valence-corrected chi connectivity index (χ1v) is 7.50. The molecular weight excluding hydrogens is 208 g/mol. The van der Waals surface area contributed by atoms with E-state index in [0.29, 0.717) is 11.5 Å². The van der Waals surface area contributed by atoms with Gasteiger partial charge in [-0.05, 0) is 50.5 Å². The normalized spacial score (nSPS) is 36.7. The predicted octanol–water partition coefficient (Wildman–Crippen LogP) is 3.01. The molecule has 2 N–H and O–H groups in total. The predicted molar refractivity (Wildman–Crippen MR) is 74.0 cm³/mol. The van der Waals surface area contributed by atoms with Gasteiger partial charge in [-0.15, -0.1) is 0 Å². The summed E-state index contributed by atoms with van der Waals surface area (Å²) in [5, 5.41) is 0. The van der Waals surface area contributed by atoms with Gasteiger partial charge in [0.1, 0.15) is 0 Å². The van der Waals surface area contributed by atoms with Crippen molar-refractivity contribution in [1.29, 1.82) is 0 Å². The van der Waals surface area contributed by atoms with Gasteiger partial charge >= 0.3 is 0 Å². The monoisotopic (exact) mass is 238 g/mol. The van der Waals surface area contributed by atoms with Crippen LogP contribution in [0.4, 0.5) is 0 Å². The Morgan fingerprint density at radius 1 is 1.18 bits per heavy atom. The summed E-state index contributed by atoms with van der Waals surface area (Å²) in [4.78, 5) is 2.76. The van der Waals surface area contributed by atoms with E-state index in [0.717, 1.165) is 12.0 Å². The Morgan fingerprint density at radius 3 is 2.59 bits per heavy atom. The molecule has 2 rings (SSSR count). The Hall–Kier alpha value is -0.0800. The average molecular weight is 238 g/mol. The summed E-state index contributed by atoms with van der Waals surface area (Å²) in [6.07, 6.45) is 8.33. The molecule has 0 spiro atoms. The lowest BCUT2D eigenvalue weighted by atomic mass is 9.71. The maximum atomic E-state index is 6.10. The van der Waals surface area contributed by atoms with Gasteiger partial charge in [0.05, 0.1) is 0 Å². The third-order valence-corrected chi connectivity index (χ3v) is 5.12. The first-order valence-electron chi connectivity index (χ1n) is 7.50. The molecule has 17 heavy (non-hydrogen) atoms. The average Bonchev–Trinajstić information content (AvgIpc) is 2.28. The first-order chi connectivity index (χ1) is 8.00. The molecule has 0 bridgehead atoms. The Labute approximate surface area is 107 Å². The van der Waals surface area contributed by atoms with E-state index in [4.69, 9.17) is 5.73 Å². The molecular formula is C15H30N2. The second-order valence-electron chi connectivity index (χ2n) is 7.01. The van der Waals surface area contributed by atoms with Crippen molar-refractivity contribution in [3.05, 3.63) is 0 Å². The topological polar surface area (TPSA) is 29.3 Å². The zero-order chi connectivity index (χ0) is 12.5. The van der Waals surface area contributed by atoms with E-state index in [9.17, 15) is 0 Å². The fourth-order valence-corrected chi connectivity index (χ4v) is 3.91. The molecule has 1 aliphatic carbocycles. The minimum Gasteiger partial charge on any atom is -0.328 e. The van der Waals surface area contributed by atoms with E-state index >= 15 is 0 Å². The molecule has 0 aromatic carbocycles. The number of likely N-dealkylation sites (tertiary alicyclic amines) is 1. The number of hydrogen-bond acceptors (Lipinski definition) is 2. The van der Waals surface area contributed by atoms with E-state index in [1.165, 1.54) is 51.6 Å². The van der Waals surface area contributed by atoms with Crippen LogP contribution in [0.5, 0.6) is 0 Å². The highest BCUT2D eigenvalue weighted by molar-refractivity contribution is 4.92. The molecule has 2 nitrogen and oxygen atoms in total. The van der Waals surface area contributed by atoms with Gasteiger partial charge in [-0.2, -0.15) is 0 Å². The van der Waals surface area contributed by atoms with Gasteiger partial charge in [0.15, 0.2) is 0 Å². The largest absolute Gasteiger partial charge is 0.328 e. The van der Waals surface area contributed by atoms with Gasteiger partial charge in [-0.1, -0.05) is 26.7 Å². The van der Waals surface area contributed by atoms with Crippen molar-refractivity contribution in [3.8, 4) is 0 Å². The van der Waals surface area contributed by atoms with Gasteiger partial charge < -0.3 is 5.73 Å². The summed E-state index contributed by atoms with van der Waals surface area (Å²) in [7, 11) is 0. The molecule has 2 heteroatoms. The highest BCUT2D eigenvalue weighted by Gasteiger charge is 2.38. The van der Waals surface area contributed by atoms with Crippen molar-refractivity contribution in [2.45, 2.75) is 71.4 Å². The summed E-state index contributed by atoms with van der Waals surface area (Å²) in [5.41, 5.74) is 6.61. The second kappa shape index (κ2) is 5.27. The maximum absolute atomic E-state index is 6.10. The number of piperidine rings is 1. The van der Waals surface area contributed by atoms with Crippen molar-refractivity contribution in [3.63, 3.8) is 0 Å². The summed E-state index contributed by atoms with van der Waals surface area (Å²) in [6.45, 7) is 9.65. The third kappa shape index (κ3) is 3.03. The fraction of sp³-hybridized carbons (Fsp3) is 1.00. The lowest BCUT2D eigenvalue weighted by Crippen LogP contribution is -2.52. The van der Waals surface area contributed by atoms with Crippen LogP contribution in [0.3, 0.4) is 0 Å². The molecule has 2 aliphatic rings. The van der Waals surface area contributed by atoms with Gasteiger partial charge in [-0.25, -0.2) is 0 Å². The Morgan fingerprint density at radius 2 is 1.94 bits per heavy atom. The summed E-state index contributed by atoms with van der Waals surface area (Å²) in [5.74, 6) is 0.724. The number of rotatable bonds is 2. The molecule has 0 aromatic heterocycles. The van der Waals surface area contributed by atoms with Crippen LogP contribution in [-0.4, -0.2) is 30.1 Å². The number of nitrogens with zero attached hydrogens (tertiary/aromatic N) is 1. The molecule has 0 amide bonds. The van der Waals surface area contributed by atoms with Gasteiger partial charge in [0.2, 0.25) is 0 Å². The van der Waals surface area contributed by atoms with E-state index in [1.54, 1.807) is 0 Å². The SMILES string of the molecule is CC(N)C1CCCN(C2CCCCC2(C)C)C1. The van der Waals surface area contributed by atoms with Gasteiger partial charge in [0, 0.05) is 18.6 Å². The molecule has 2 fully saturated rings. The third-order valence-electron chi connectivity index (χ3n) is 5.12. The Kier molecular flexibility index (Phi) is 4.14. The zero-order valence-corrected chi connectivity index (χ0v) is 11.9. The standard InChI is InChI=1S/C15H30N2/c1-12(16)13-7-6-10-17(11-13)14-8-4-5-9-15(14,2)3/h12-14H,4-11,16H2,1-3H3. The minimum absolute atomic E-state index is 0.365. The molecule has 1 saturated heterocycles. The van der Waals surface area contributed by atoms with Crippen LogP contribution < -0.4 is 5.73 Å². The maximum Gasteiger partial charge on any atom is 0.0146 e. The van der Waals surface area contributed by atoms with Crippen LogP contribution in [0.25, 0.3) is 0 Å². The van der Waals surface area contributed by atoms with E-state index in [1.807, 2.05) is 0 Å². The molecule has 1 saturated carbocycles. The first kappa shape index (κ1) is 13.4. The van der Waals surface area contributed by atoms with Gasteiger partial charge in [0.25, 0.3) is 0 Å². The highest BCUT2D eigenvalue weighted by atomic mass is 15.2. The van der Waals surface area contributed by atoms with Crippen molar-refractivity contribution in [2.75, 3.05) is 13.1 Å². The zero-order valence-electron chi connectivity index (χ0n) is 11.9. The van der Waals surface area contributed by atoms with Crippen LogP contribution in [0, 0.1) is 11.3 Å². The summed E-state index contributed by atoms with van der Waals surface area (Å²) < 4.78 is 0. The molecule has 1 aliphatic heterocycles. The smallest absolute Gasteiger partial charge is 0.0146 e. The van der Waals surface area contributed by atoms with Gasteiger partial charge in [-0.3, -0.25) is 4.90 Å². The van der Waals surface area contributed by atoms with E-state index < -0.39 is 0 Å². The van der Waals surface area contributed by atoms with Crippen molar-refractivity contribution >= 4 is 0 Å². The fourth-order valence-electron chi connectivity index (χ4n) is 3.91. The Bertz CT molecular complexity index is 247. The Balaban J connectivity index is 2.00. The van der Waals surface area contributed by atoms with Crippen molar-refractivity contribution < 1.29 is 0 Å². The van der Waals surface area contributed by atoms with E-state index in [2.05, 4.69) is 25.7 Å². The summed E-state index contributed by atoms with van der Waals surface area (Å²) >= 11 is 0. The molecule has 1 heterocycles. The van der Waals surface area contributed by atoms with Crippen LogP contribution in [-0.2, 0) is 0 Å².